The monoisotopic (exact) mass is 316 g/mol. The lowest BCUT2D eigenvalue weighted by molar-refractivity contribution is -0.131. The van der Waals surface area contributed by atoms with Gasteiger partial charge < -0.3 is 9.84 Å². The molecule has 1 aliphatic heterocycles. The molecule has 1 rings (SSSR count). The molecule has 1 aliphatic rings. The molecule has 0 radical (unpaired) electrons. The molecule has 0 spiro atoms. The number of rotatable bonds is 12. The van der Waals surface area contributed by atoms with Gasteiger partial charge in [0.15, 0.2) is 0 Å². The SMILES string of the molecule is CCCCCC1OC1CCC=CC=CC=CC=CC=CC(=O)O. The Balaban J connectivity index is 2.01. The van der Waals surface area contributed by atoms with E-state index in [1.807, 2.05) is 30.4 Å². The van der Waals surface area contributed by atoms with E-state index < -0.39 is 5.97 Å². The second-order valence-electron chi connectivity index (χ2n) is 5.57. The first-order valence-corrected chi connectivity index (χ1v) is 8.45. The number of hydrogen-bond acceptors (Lipinski definition) is 2. The molecule has 1 N–H and O–H groups in total. The first kappa shape index (κ1) is 19.2. The third-order valence-corrected chi connectivity index (χ3v) is 3.55. The first-order chi connectivity index (χ1) is 11.2. The van der Waals surface area contributed by atoms with Crippen molar-refractivity contribution in [2.24, 2.45) is 0 Å². The van der Waals surface area contributed by atoms with Crippen LogP contribution < -0.4 is 0 Å². The van der Waals surface area contributed by atoms with Crippen molar-refractivity contribution >= 4 is 5.97 Å². The molecular formula is C20H28O3. The maximum atomic E-state index is 10.2. The summed E-state index contributed by atoms with van der Waals surface area (Å²) in [6.45, 7) is 2.23. The summed E-state index contributed by atoms with van der Waals surface area (Å²) < 4.78 is 5.66. The number of carbonyl (C=O) groups is 1. The summed E-state index contributed by atoms with van der Waals surface area (Å²) in [6, 6.07) is 0. The van der Waals surface area contributed by atoms with Crippen LogP contribution in [0.2, 0.25) is 0 Å². The Morgan fingerprint density at radius 2 is 1.52 bits per heavy atom. The maximum absolute atomic E-state index is 10.2. The van der Waals surface area contributed by atoms with Gasteiger partial charge in [0, 0.05) is 6.08 Å². The lowest BCUT2D eigenvalue weighted by atomic mass is 10.1. The molecule has 0 aromatic carbocycles. The molecule has 126 valence electrons. The quantitative estimate of drug-likeness (QED) is 0.239. The van der Waals surface area contributed by atoms with Crippen molar-refractivity contribution in [1.82, 2.24) is 0 Å². The minimum absolute atomic E-state index is 0.490. The smallest absolute Gasteiger partial charge is 0.328 e. The van der Waals surface area contributed by atoms with E-state index >= 15 is 0 Å². The minimum atomic E-state index is -0.937. The molecule has 1 heterocycles. The normalized spacial score (nSPS) is 21.6. The molecule has 0 bridgehead atoms. The predicted octanol–water partition coefficient (Wildman–Crippen LogP) is 4.98. The zero-order chi connectivity index (χ0) is 16.8. The average Bonchev–Trinajstić information content (AvgIpc) is 3.27. The van der Waals surface area contributed by atoms with Gasteiger partial charge in [0.1, 0.15) is 0 Å². The molecule has 3 heteroatoms. The maximum Gasteiger partial charge on any atom is 0.328 e. The van der Waals surface area contributed by atoms with Crippen LogP contribution >= 0.6 is 0 Å². The fourth-order valence-corrected chi connectivity index (χ4v) is 2.24. The Kier molecular flexibility index (Phi) is 10.5. The van der Waals surface area contributed by atoms with Crippen LogP contribution in [-0.4, -0.2) is 23.3 Å². The van der Waals surface area contributed by atoms with Gasteiger partial charge in [0.25, 0.3) is 0 Å². The number of epoxide rings is 1. The number of hydrogen-bond donors (Lipinski definition) is 1. The van der Waals surface area contributed by atoms with E-state index in [0.717, 1.165) is 18.9 Å². The zero-order valence-corrected chi connectivity index (χ0v) is 13.9. The predicted molar refractivity (Wildman–Crippen MR) is 95.4 cm³/mol. The van der Waals surface area contributed by atoms with Crippen molar-refractivity contribution in [2.45, 2.75) is 57.7 Å². The van der Waals surface area contributed by atoms with Crippen LogP contribution in [0.1, 0.15) is 45.4 Å². The van der Waals surface area contributed by atoms with Crippen molar-refractivity contribution in [3.05, 3.63) is 60.8 Å². The summed E-state index contributed by atoms with van der Waals surface area (Å²) in [5, 5.41) is 8.39. The largest absolute Gasteiger partial charge is 0.478 e. The van der Waals surface area contributed by atoms with E-state index in [1.165, 1.54) is 31.8 Å². The lowest BCUT2D eigenvalue weighted by Crippen LogP contribution is -1.93. The molecule has 3 nitrogen and oxygen atoms in total. The van der Waals surface area contributed by atoms with Gasteiger partial charge in [-0.05, 0) is 19.3 Å². The van der Waals surface area contributed by atoms with Crippen LogP contribution in [0.4, 0.5) is 0 Å². The summed E-state index contributed by atoms with van der Waals surface area (Å²) in [5.41, 5.74) is 0. The van der Waals surface area contributed by atoms with Crippen molar-refractivity contribution in [3.8, 4) is 0 Å². The highest BCUT2D eigenvalue weighted by Crippen LogP contribution is 2.31. The van der Waals surface area contributed by atoms with Crippen molar-refractivity contribution in [1.29, 1.82) is 0 Å². The van der Waals surface area contributed by atoms with E-state index in [9.17, 15) is 4.79 Å². The summed E-state index contributed by atoms with van der Waals surface area (Å²) in [6.07, 6.45) is 26.3. The third kappa shape index (κ3) is 11.4. The molecule has 2 unspecified atom stereocenters. The van der Waals surface area contributed by atoms with E-state index in [1.54, 1.807) is 12.2 Å². The molecule has 23 heavy (non-hydrogen) atoms. The Bertz CT molecular complexity index is 469. The number of aliphatic carboxylic acids is 1. The molecule has 0 saturated carbocycles. The average molecular weight is 316 g/mol. The fraction of sp³-hybridized carbons (Fsp3) is 0.450. The number of ether oxygens (including phenoxy) is 1. The van der Waals surface area contributed by atoms with Crippen LogP contribution in [0.3, 0.4) is 0 Å². The van der Waals surface area contributed by atoms with Crippen LogP contribution in [0.5, 0.6) is 0 Å². The van der Waals surface area contributed by atoms with Crippen molar-refractivity contribution in [3.63, 3.8) is 0 Å². The Morgan fingerprint density at radius 3 is 2.17 bits per heavy atom. The van der Waals surface area contributed by atoms with Crippen molar-refractivity contribution in [2.75, 3.05) is 0 Å². The molecule has 2 atom stereocenters. The van der Waals surface area contributed by atoms with Gasteiger partial charge in [-0.2, -0.15) is 0 Å². The van der Waals surface area contributed by atoms with E-state index in [0.29, 0.717) is 12.2 Å². The van der Waals surface area contributed by atoms with Gasteiger partial charge in [-0.3, -0.25) is 0 Å². The summed E-state index contributed by atoms with van der Waals surface area (Å²) in [4.78, 5) is 10.2. The van der Waals surface area contributed by atoms with Crippen molar-refractivity contribution < 1.29 is 14.6 Å². The van der Waals surface area contributed by atoms with Gasteiger partial charge >= 0.3 is 5.97 Å². The Labute approximate surface area is 139 Å². The fourth-order valence-electron chi connectivity index (χ4n) is 2.24. The number of unbranched alkanes of at least 4 members (excludes halogenated alkanes) is 2. The molecule has 0 amide bonds. The highest BCUT2D eigenvalue weighted by atomic mass is 16.6. The van der Waals surface area contributed by atoms with E-state index in [-0.39, 0.29) is 0 Å². The van der Waals surface area contributed by atoms with Gasteiger partial charge in [-0.15, -0.1) is 0 Å². The zero-order valence-electron chi connectivity index (χ0n) is 13.9. The molecule has 0 aromatic rings. The highest BCUT2D eigenvalue weighted by molar-refractivity contribution is 5.80. The molecule has 1 fully saturated rings. The van der Waals surface area contributed by atoms with Crippen LogP contribution in [0.25, 0.3) is 0 Å². The van der Waals surface area contributed by atoms with Gasteiger partial charge in [0.2, 0.25) is 0 Å². The van der Waals surface area contributed by atoms with E-state index in [4.69, 9.17) is 9.84 Å². The van der Waals surface area contributed by atoms with Gasteiger partial charge in [-0.1, -0.05) is 80.9 Å². The second-order valence-corrected chi connectivity index (χ2v) is 5.57. The number of carboxylic acids is 1. The minimum Gasteiger partial charge on any atom is -0.478 e. The van der Waals surface area contributed by atoms with Crippen LogP contribution in [0.15, 0.2) is 60.8 Å². The number of carboxylic acid groups (broad SMARTS) is 1. The third-order valence-electron chi connectivity index (χ3n) is 3.55. The van der Waals surface area contributed by atoms with Crippen LogP contribution in [0, 0.1) is 0 Å². The molecule has 0 aromatic heterocycles. The van der Waals surface area contributed by atoms with E-state index in [2.05, 4.69) is 13.0 Å². The van der Waals surface area contributed by atoms with Gasteiger partial charge in [-0.25, -0.2) is 4.79 Å². The lowest BCUT2D eigenvalue weighted by Gasteiger charge is -1.93. The topological polar surface area (TPSA) is 49.8 Å². The second kappa shape index (κ2) is 12.7. The highest BCUT2D eigenvalue weighted by Gasteiger charge is 2.36. The standard InChI is InChI=1S/C20H28O3/c1-2-3-12-15-18-19(23-18)16-13-10-8-6-4-5-7-9-11-14-17-20(21)22/h4-11,14,17-19H,2-3,12-13,15-16H2,1H3,(H,21,22). The summed E-state index contributed by atoms with van der Waals surface area (Å²) in [5.74, 6) is -0.937. The molecule has 1 saturated heterocycles. The molecular weight excluding hydrogens is 288 g/mol. The molecule has 0 aliphatic carbocycles. The summed E-state index contributed by atoms with van der Waals surface area (Å²) >= 11 is 0. The first-order valence-electron chi connectivity index (χ1n) is 8.45. The van der Waals surface area contributed by atoms with Crippen LogP contribution in [-0.2, 0) is 9.53 Å². The van der Waals surface area contributed by atoms with Gasteiger partial charge in [0.05, 0.1) is 12.2 Å². The summed E-state index contributed by atoms with van der Waals surface area (Å²) in [7, 11) is 0. The Hall–Kier alpha value is -1.87. The Morgan fingerprint density at radius 1 is 0.913 bits per heavy atom. The number of allylic oxidation sites excluding steroid dienone is 9.